The van der Waals surface area contributed by atoms with E-state index in [9.17, 15) is 4.79 Å². The Balaban J connectivity index is 2.30. The van der Waals surface area contributed by atoms with E-state index in [4.69, 9.17) is 5.73 Å². The highest BCUT2D eigenvalue weighted by Crippen LogP contribution is 2.07. The molecule has 9 heteroatoms. The summed E-state index contributed by atoms with van der Waals surface area (Å²) in [6.07, 6.45) is 3.31. The van der Waals surface area contributed by atoms with Crippen molar-refractivity contribution in [2.24, 2.45) is 5.73 Å². The molecule has 9 nitrogen and oxygen atoms in total. The maximum atomic E-state index is 10.7. The number of hydrogen-bond donors (Lipinski definition) is 3. The second-order valence-corrected chi connectivity index (χ2v) is 3.30. The third kappa shape index (κ3) is 2.70. The van der Waals surface area contributed by atoms with Crippen LogP contribution in [0.3, 0.4) is 0 Å². The minimum atomic E-state index is -0.498. The number of aromatic nitrogens is 5. The van der Waals surface area contributed by atoms with Gasteiger partial charge in [-0.2, -0.15) is 20.1 Å². The molecule has 0 atom stereocenters. The summed E-state index contributed by atoms with van der Waals surface area (Å²) in [4.78, 5) is 23.0. The first kappa shape index (κ1) is 11.8. The van der Waals surface area contributed by atoms with E-state index in [2.05, 4.69) is 30.7 Å². The number of hydrogen-bond acceptors (Lipinski definition) is 7. The minimum Gasteiger partial charge on any atom is -0.368 e. The van der Waals surface area contributed by atoms with Gasteiger partial charge in [-0.25, -0.2) is 4.68 Å². The Morgan fingerprint density at radius 3 is 2.78 bits per heavy atom. The van der Waals surface area contributed by atoms with Crippen molar-refractivity contribution in [2.45, 2.75) is 0 Å². The van der Waals surface area contributed by atoms with E-state index in [1.807, 2.05) is 0 Å². The van der Waals surface area contributed by atoms with Gasteiger partial charge in [0.05, 0.1) is 6.54 Å². The van der Waals surface area contributed by atoms with E-state index in [0.29, 0.717) is 11.9 Å². The molecule has 18 heavy (non-hydrogen) atoms. The molecule has 4 N–H and O–H groups in total. The Hall–Kier alpha value is -2.71. The zero-order valence-electron chi connectivity index (χ0n) is 9.66. The van der Waals surface area contributed by atoms with E-state index >= 15 is 0 Å². The van der Waals surface area contributed by atoms with Crippen LogP contribution in [0.25, 0.3) is 5.95 Å². The van der Waals surface area contributed by atoms with Crippen LogP contribution in [0.5, 0.6) is 0 Å². The highest BCUT2D eigenvalue weighted by Gasteiger charge is 2.07. The molecule has 2 rings (SSSR count). The Kier molecular flexibility index (Phi) is 3.32. The summed E-state index contributed by atoms with van der Waals surface area (Å²) < 4.78 is 1.48. The Labute approximate surface area is 102 Å². The molecule has 0 aromatic carbocycles. The number of rotatable bonds is 5. The summed E-state index contributed by atoms with van der Waals surface area (Å²) in [6, 6.07) is 1.75. The zero-order chi connectivity index (χ0) is 13.0. The monoisotopic (exact) mass is 248 g/mol. The van der Waals surface area contributed by atoms with Crippen LogP contribution in [0.15, 0.2) is 18.5 Å². The largest absolute Gasteiger partial charge is 0.368 e. The van der Waals surface area contributed by atoms with Crippen molar-refractivity contribution in [3.05, 3.63) is 18.5 Å². The van der Waals surface area contributed by atoms with E-state index < -0.39 is 5.91 Å². The molecule has 0 aliphatic heterocycles. The molecule has 2 heterocycles. The van der Waals surface area contributed by atoms with Crippen LogP contribution < -0.4 is 16.4 Å². The highest BCUT2D eigenvalue weighted by molar-refractivity contribution is 5.78. The molecule has 0 saturated heterocycles. The lowest BCUT2D eigenvalue weighted by Gasteiger charge is -2.07. The lowest BCUT2D eigenvalue weighted by molar-refractivity contribution is -0.116. The molecular formula is C9H12N8O. The first-order valence-electron chi connectivity index (χ1n) is 5.15. The van der Waals surface area contributed by atoms with Gasteiger partial charge in [-0.05, 0) is 6.07 Å². The maximum Gasteiger partial charge on any atom is 0.257 e. The summed E-state index contributed by atoms with van der Waals surface area (Å²) in [5, 5.41) is 9.52. The topological polar surface area (TPSA) is 124 Å². The lowest BCUT2D eigenvalue weighted by atomic mass is 10.6. The van der Waals surface area contributed by atoms with Gasteiger partial charge in [0, 0.05) is 19.4 Å². The van der Waals surface area contributed by atoms with Crippen molar-refractivity contribution < 1.29 is 4.79 Å². The number of anilines is 2. The molecule has 0 aliphatic carbocycles. The van der Waals surface area contributed by atoms with Gasteiger partial charge in [-0.3, -0.25) is 4.79 Å². The van der Waals surface area contributed by atoms with Gasteiger partial charge in [0.15, 0.2) is 0 Å². The fourth-order valence-electron chi connectivity index (χ4n) is 1.21. The van der Waals surface area contributed by atoms with Crippen molar-refractivity contribution >= 4 is 17.8 Å². The molecule has 94 valence electrons. The number of nitrogens with two attached hydrogens (primary N) is 1. The second kappa shape index (κ2) is 5.08. The van der Waals surface area contributed by atoms with Crippen LogP contribution in [-0.2, 0) is 4.79 Å². The zero-order valence-corrected chi connectivity index (χ0v) is 9.66. The van der Waals surface area contributed by atoms with Crippen molar-refractivity contribution in [3.8, 4) is 5.95 Å². The molecule has 0 unspecified atom stereocenters. The van der Waals surface area contributed by atoms with Gasteiger partial charge >= 0.3 is 0 Å². The van der Waals surface area contributed by atoms with Crippen molar-refractivity contribution in [1.29, 1.82) is 0 Å². The van der Waals surface area contributed by atoms with E-state index in [-0.39, 0.29) is 12.5 Å². The number of carbonyl (C=O) groups excluding carboxylic acids is 1. The molecule has 0 bridgehead atoms. The number of amides is 1. The van der Waals surface area contributed by atoms with E-state index in [1.54, 1.807) is 25.5 Å². The van der Waals surface area contributed by atoms with Crippen LogP contribution in [0, 0.1) is 0 Å². The van der Waals surface area contributed by atoms with Gasteiger partial charge in [0.25, 0.3) is 5.95 Å². The first-order chi connectivity index (χ1) is 8.69. The van der Waals surface area contributed by atoms with Gasteiger partial charge in [-0.1, -0.05) is 0 Å². The van der Waals surface area contributed by atoms with E-state index in [1.165, 1.54) is 4.68 Å². The molecule has 1 amide bonds. The molecular weight excluding hydrogens is 236 g/mol. The molecule has 0 saturated carbocycles. The molecule has 0 spiro atoms. The third-order valence-corrected chi connectivity index (χ3v) is 1.98. The quantitative estimate of drug-likeness (QED) is 0.619. The number of nitrogens with zero attached hydrogens (tertiary/aromatic N) is 5. The molecule has 0 aliphatic rings. The SMILES string of the molecule is CNc1nc(NCC(N)=O)nc(-n2cccn2)n1. The maximum absolute atomic E-state index is 10.7. The smallest absolute Gasteiger partial charge is 0.257 e. The van der Waals surface area contributed by atoms with Crippen molar-refractivity contribution in [1.82, 2.24) is 24.7 Å². The van der Waals surface area contributed by atoms with Crippen molar-refractivity contribution in [2.75, 3.05) is 24.2 Å². The Morgan fingerprint density at radius 1 is 1.39 bits per heavy atom. The number of nitrogens with one attached hydrogen (secondary N) is 2. The van der Waals surface area contributed by atoms with Crippen LogP contribution in [0.1, 0.15) is 0 Å². The van der Waals surface area contributed by atoms with Gasteiger partial charge in [0.1, 0.15) is 0 Å². The van der Waals surface area contributed by atoms with Crippen molar-refractivity contribution in [3.63, 3.8) is 0 Å². The Bertz CT molecular complexity index is 538. The molecule has 2 aromatic rings. The van der Waals surface area contributed by atoms with E-state index in [0.717, 1.165) is 0 Å². The average Bonchev–Trinajstić information content (AvgIpc) is 2.89. The predicted octanol–water partition coefficient (Wildman–Crippen LogP) is -1.00. The van der Waals surface area contributed by atoms with Gasteiger partial charge < -0.3 is 16.4 Å². The van der Waals surface area contributed by atoms with Crippen LogP contribution >= 0.6 is 0 Å². The second-order valence-electron chi connectivity index (χ2n) is 3.30. The van der Waals surface area contributed by atoms with Crippen LogP contribution in [-0.4, -0.2) is 44.2 Å². The summed E-state index contributed by atoms with van der Waals surface area (Å²) in [7, 11) is 1.68. The summed E-state index contributed by atoms with van der Waals surface area (Å²) in [5.41, 5.74) is 5.04. The van der Waals surface area contributed by atoms with Gasteiger partial charge in [-0.15, -0.1) is 0 Å². The fourth-order valence-corrected chi connectivity index (χ4v) is 1.21. The highest BCUT2D eigenvalue weighted by atomic mass is 16.1. The number of primary amides is 1. The van der Waals surface area contributed by atoms with Gasteiger partial charge in [0.2, 0.25) is 17.8 Å². The first-order valence-corrected chi connectivity index (χ1v) is 5.15. The summed E-state index contributed by atoms with van der Waals surface area (Å²) >= 11 is 0. The average molecular weight is 248 g/mol. The Morgan fingerprint density at radius 2 is 2.17 bits per heavy atom. The standard InChI is InChI=1S/C9H12N8O/c1-11-7-14-8(12-5-6(10)18)16-9(15-7)17-4-2-3-13-17/h2-4H,5H2,1H3,(H2,10,18)(H2,11,12,14,15,16). The molecule has 2 aromatic heterocycles. The molecule has 0 radical (unpaired) electrons. The van der Waals surface area contributed by atoms with Crippen LogP contribution in [0.4, 0.5) is 11.9 Å². The lowest BCUT2D eigenvalue weighted by Crippen LogP contribution is -2.23. The normalized spacial score (nSPS) is 10.1. The third-order valence-electron chi connectivity index (χ3n) is 1.98. The fraction of sp³-hybridized carbons (Fsp3) is 0.222. The molecule has 0 fully saturated rings. The van der Waals surface area contributed by atoms with Crippen LogP contribution in [0.2, 0.25) is 0 Å². The summed E-state index contributed by atoms with van der Waals surface area (Å²) in [6.45, 7) is -0.0499. The minimum absolute atomic E-state index is 0.0499. The number of carbonyl (C=O) groups is 1. The summed E-state index contributed by atoms with van der Waals surface area (Å²) in [5.74, 6) is 0.453. The predicted molar refractivity (Wildman–Crippen MR) is 64.2 cm³/mol.